The molecule has 4 aromatic carbocycles. The summed E-state index contributed by atoms with van der Waals surface area (Å²) >= 11 is 0. The maximum atomic E-state index is 12.9. The number of carbonyl (C=O) groups is 4. The van der Waals surface area contributed by atoms with Gasteiger partial charge in [0.25, 0.3) is 17.7 Å². The smallest absolute Gasteiger partial charge is 0.266 e. The largest absolute Gasteiger partial charge is 0.322 e. The van der Waals surface area contributed by atoms with Gasteiger partial charge in [-0.3, -0.25) is 19.2 Å². The number of fused-ring (bicyclic) bond motifs is 1. The molecule has 1 heterocycles. The number of anilines is 2. The summed E-state index contributed by atoms with van der Waals surface area (Å²) < 4.78 is 0. The third-order valence-electron chi connectivity index (χ3n) is 5.82. The van der Waals surface area contributed by atoms with Crippen LogP contribution in [0, 0.1) is 0 Å². The van der Waals surface area contributed by atoms with Crippen LogP contribution >= 0.6 is 0 Å². The van der Waals surface area contributed by atoms with Gasteiger partial charge in [0.05, 0.1) is 16.8 Å². The number of nitrogens with zero attached hydrogens (tertiary/aromatic N) is 1. The van der Waals surface area contributed by atoms with E-state index in [0.717, 1.165) is 10.5 Å². The van der Waals surface area contributed by atoms with Gasteiger partial charge in [-0.05, 0) is 54.1 Å². The molecule has 0 radical (unpaired) electrons. The Morgan fingerprint density at radius 3 is 2.00 bits per heavy atom. The number of nitrogens with one attached hydrogen (secondary N) is 1. The Hall–Kier alpha value is -5.10. The second kappa shape index (κ2) is 9.64. The van der Waals surface area contributed by atoms with E-state index in [-0.39, 0.29) is 22.5 Å². The van der Waals surface area contributed by atoms with Crippen molar-refractivity contribution in [1.82, 2.24) is 0 Å². The molecule has 0 saturated carbocycles. The molecule has 1 aliphatic rings. The normalized spacial score (nSPS) is 12.6. The Kier molecular flexibility index (Phi) is 6.07. The van der Waals surface area contributed by atoms with Crippen LogP contribution in [0.5, 0.6) is 0 Å². The molecule has 1 N–H and O–H groups in total. The predicted molar refractivity (Wildman–Crippen MR) is 138 cm³/mol. The lowest BCUT2D eigenvalue weighted by Gasteiger charge is -2.13. The van der Waals surface area contributed by atoms with E-state index in [4.69, 9.17) is 0 Å². The summed E-state index contributed by atoms with van der Waals surface area (Å²) in [6.07, 6.45) is 3.22. The maximum Gasteiger partial charge on any atom is 0.266 e. The molecule has 0 aliphatic carbocycles. The number of benzene rings is 4. The van der Waals surface area contributed by atoms with E-state index in [1.54, 1.807) is 72.8 Å². The number of hydrogen-bond donors (Lipinski definition) is 1. The van der Waals surface area contributed by atoms with Crippen molar-refractivity contribution in [3.05, 3.63) is 137 Å². The van der Waals surface area contributed by atoms with E-state index < -0.39 is 17.7 Å². The average Bonchev–Trinajstić information content (AvgIpc) is 3.18. The van der Waals surface area contributed by atoms with Gasteiger partial charge in [0.1, 0.15) is 0 Å². The van der Waals surface area contributed by atoms with Gasteiger partial charge in [0.15, 0.2) is 5.78 Å². The Labute approximate surface area is 207 Å². The van der Waals surface area contributed by atoms with Crippen LogP contribution in [0.25, 0.3) is 6.08 Å². The van der Waals surface area contributed by atoms with E-state index in [2.05, 4.69) is 5.32 Å². The van der Waals surface area contributed by atoms with Gasteiger partial charge in [-0.15, -0.1) is 0 Å². The zero-order valence-corrected chi connectivity index (χ0v) is 19.0. The molecular formula is C30H20N2O4. The van der Waals surface area contributed by atoms with Gasteiger partial charge in [-0.1, -0.05) is 66.7 Å². The van der Waals surface area contributed by atoms with Crippen LogP contribution < -0.4 is 10.2 Å². The van der Waals surface area contributed by atoms with Crippen molar-refractivity contribution in [2.24, 2.45) is 0 Å². The molecule has 5 rings (SSSR count). The van der Waals surface area contributed by atoms with Gasteiger partial charge >= 0.3 is 0 Å². The number of para-hydroxylation sites is 1. The Bertz CT molecular complexity index is 1510. The summed E-state index contributed by atoms with van der Waals surface area (Å²) in [5.41, 5.74) is 3.18. The average molecular weight is 473 g/mol. The second-order valence-corrected chi connectivity index (χ2v) is 8.18. The lowest BCUT2D eigenvalue weighted by atomic mass is 10.1. The van der Waals surface area contributed by atoms with E-state index in [1.165, 1.54) is 24.3 Å². The van der Waals surface area contributed by atoms with Gasteiger partial charge in [0, 0.05) is 16.8 Å². The topological polar surface area (TPSA) is 83.6 Å². The Morgan fingerprint density at radius 2 is 1.31 bits per heavy atom. The van der Waals surface area contributed by atoms with E-state index in [9.17, 15) is 19.2 Å². The van der Waals surface area contributed by atoms with Crippen LogP contribution in [0.4, 0.5) is 11.4 Å². The zero-order valence-electron chi connectivity index (χ0n) is 19.0. The van der Waals surface area contributed by atoms with Crippen molar-refractivity contribution in [2.45, 2.75) is 0 Å². The number of amides is 3. The molecule has 6 heteroatoms. The standard InChI is InChI=1S/C30H20N2O4/c33-27(21-7-3-1-4-8-21)18-13-20-11-15-23(16-12-20)31-28(34)22-14-17-25-26(19-22)30(36)32(29(25)35)24-9-5-2-6-10-24/h1-19H,(H,31,34). The second-order valence-electron chi connectivity index (χ2n) is 8.18. The van der Waals surface area contributed by atoms with Crippen LogP contribution in [0.1, 0.15) is 47.0 Å². The number of imide groups is 1. The molecule has 0 saturated heterocycles. The number of rotatable bonds is 6. The van der Waals surface area contributed by atoms with Crippen LogP contribution in [-0.4, -0.2) is 23.5 Å². The number of carbonyl (C=O) groups excluding carboxylic acids is 4. The Balaban J connectivity index is 1.27. The summed E-state index contributed by atoms with van der Waals surface area (Å²) in [6, 6.07) is 29.2. The molecule has 0 unspecified atom stereocenters. The highest BCUT2D eigenvalue weighted by Crippen LogP contribution is 2.29. The van der Waals surface area contributed by atoms with E-state index in [0.29, 0.717) is 16.9 Å². The molecule has 36 heavy (non-hydrogen) atoms. The van der Waals surface area contributed by atoms with Crippen LogP contribution in [0.3, 0.4) is 0 Å². The molecule has 3 amide bonds. The number of allylic oxidation sites excluding steroid dienone is 1. The van der Waals surface area contributed by atoms with Crippen molar-refractivity contribution >= 4 is 41.0 Å². The fourth-order valence-corrected chi connectivity index (χ4v) is 3.95. The van der Waals surface area contributed by atoms with Crippen molar-refractivity contribution in [3.63, 3.8) is 0 Å². The third-order valence-corrected chi connectivity index (χ3v) is 5.82. The summed E-state index contributed by atoms with van der Waals surface area (Å²) in [7, 11) is 0. The molecule has 0 aromatic heterocycles. The highest BCUT2D eigenvalue weighted by atomic mass is 16.2. The van der Waals surface area contributed by atoms with Gasteiger partial charge < -0.3 is 5.32 Å². The fraction of sp³-hybridized carbons (Fsp3) is 0. The molecule has 1 aliphatic heterocycles. The summed E-state index contributed by atoms with van der Waals surface area (Å²) in [5, 5.41) is 2.80. The van der Waals surface area contributed by atoms with Gasteiger partial charge in [-0.25, -0.2) is 4.90 Å². The zero-order chi connectivity index (χ0) is 25.1. The summed E-state index contributed by atoms with van der Waals surface area (Å²) in [6.45, 7) is 0. The predicted octanol–water partition coefficient (Wildman–Crippen LogP) is 5.64. The van der Waals surface area contributed by atoms with E-state index in [1.807, 2.05) is 18.2 Å². The molecule has 0 spiro atoms. The van der Waals surface area contributed by atoms with Crippen LogP contribution in [-0.2, 0) is 0 Å². The summed E-state index contributed by atoms with van der Waals surface area (Å²) in [5.74, 6) is -1.37. The molecule has 0 atom stereocenters. The fourth-order valence-electron chi connectivity index (χ4n) is 3.95. The van der Waals surface area contributed by atoms with Crippen molar-refractivity contribution < 1.29 is 19.2 Å². The molecule has 174 valence electrons. The SMILES string of the molecule is O=C(C=Cc1ccc(NC(=O)c2ccc3c(c2)C(=O)N(c2ccccc2)C3=O)cc1)c1ccccc1. The van der Waals surface area contributed by atoms with E-state index >= 15 is 0 Å². The minimum absolute atomic E-state index is 0.0940. The minimum Gasteiger partial charge on any atom is -0.322 e. The third kappa shape index (κ3) is 4.48. The van der Waals surface area contributed by atoms with Crippen LogP contribution in [0.15, 0.2) is 109 Å². The minimum atomic E-state index is -0.461. The van der Waals surface area contributed by atoms with Crippen molar-refractivity contribution in [2.75, 3.05) is 10.2 Å². The quantitative estimate of drug-likeness (QED) is 0.224. The first kappa shape index (κ1) is 22.7. The Morgan fingerprint density at radius 1 is 0.667 bits per heavy atom. The van der Waals surface area contributed by atoms with Crippen LogP contribution in [0.2, 0.25) is 0 Å². The maximum absolute atomic E-state index is 12.9. The molecular weight excluding hydrogens is 452 g/mol. The highest BCUT2D eigenvalue weighted by Gasteiger charge is 2.37. The first-order chi connectivity index (χ1) is 17.5. The molecule has 4 aromatic rings. The lowest BCUT2D eigenvalue weighted by Crippen LogP contribution is -2.29. The molecule has 0 fully saturated rings. The van der Waals surface area contributed by atoms with Crippen molar-refractivity contribution in [3.8, 4) is 0 Å². The lowest BCUT2D eigenvalue weighted by molar-refractivity contribution is 0.0924. The summed E-state index contributed by atoms with van der Waals surface area (Å²) in [4.78, 5) is 51.9. The first-order valence-corrected chi connectivity index (χ1v) is 11.3. The molecule has 6 nitrogen and oxygen atoms in total. The first-order valence-electron chi connectivity index (χ1n) is 11.3. The number of hydrogen-bond acceptors (Lipinski definition) is 4. The highest BCUT2D eigenvalue weighted by molar-refractivity contribution is 6.34. The van der Waals surface area contributed by atoms with Crippen molar-refractivity contribution in [1.29, 1.82) is 0 Å². The monoisotopic (exact) mass is 472 g/mol. The molecule has 0 bridgehead atoms. The van der Waals surface area contributed by atoms with Gasteiger partial charge in [0.2, 0.25) is 0 Å². The number of ketones is 1. The van der Waals surface area contributed by atoms with Gasteiger partial charge in [-0.2, -0.15) is 0 Å².